The summed E-state index contributed by atoms with van der Waals surface area (Å²) in [6, 6.07) is 4.69. The summed E-state index contributed by atoms with van der Waals surface area (Å²) < 4.78 is 0. The fourth-order valence-corrected chi connectivity index (χ4v) is 16.3. The molecule has 0 fully saturated rings. The monoisotopic (exact) mass is 256 g/mol. The lowest BCUT2D eigenvalue weighted by Gasteiger charge is -2.30. The van der Waals surface area contributed by atoms with E-state index < -0.39 is 14.8 Å². The first-order chi connectivity index (χ1) is 5.95. The van der Waals surface area contributed by atoms with Crippen LogP contribution in [-0.2, 0) is 0 Å². The molecule has 0 amide bonds. The quantitative estimate of drug-likeness (QED) is 0.465. The van der Waals surface area contributed by atoms with E-state index in [1.54, 1.807) is 0 Å². The summed E-state index contributed by atoms with van der Waals surface area (Å²) >= 11 is 13.3. The molecule has 0 unspecified atom stereocenters. The van der Waals surface area contributed by atoms with Crippen LogP contribution in [0.2, 0.25) is 29.8 Å². The molecule has 0 aromatic carbocycles. The summed E-state index contributed by atoms with van der Waals surface area (Å²) in [4.78, 5) is 0. The van der Waals surface area contributed by atoms with Gasteiger partial charge < -0.3 is 0 Å². The highest BCUT2D eigenvalue weighted by Gasteiger charge is 2.38. The second-order valence-electron chi connectivity index (χ2n) is 3.89. The van der Waals surface area contributed by atoms with Gasteiger partial charge in [0.05, 0.1) is 0 Å². The van der Waals surface area contributed by atoms with Gasteiger partial charge in [0.15, 0.2) is 14.8 Å². The van der Waals surface area contributed by atoms with Gasteiger partial charge in [0, 0.05) is 0 Å². The van der Waals surface area contributed by atoms with Crippen LogP contribution in [0.1, 0.15) is 27.7 Å². The van der Waals surface area contributed by atoms with Gasteiger partial charge in [0.1, 0.15) is 0 Å². The van der Waals surface area contributed by atoms with Crippen LogP contribution in [0.4, 0.5) is 0 Å². The third kappa shape index (κ3) is 4.37. The maximum atomic E-state index is 6.64. The van der Waals surface area contributed by atoms with Crippen molar-refractivity contribution in [3.05, 3.63) is 0 Å². The molecule has 0 aliphatic carbocycles. The van der Waals surface area contributed by atoms with Crippen LogP contribution >= 0.6 is 22.2 Å². The molecule has 0 aliphatic heterocycles. The van der Waals surface area contributed by atoms with Crippen molar-refractivity contribution in [2.75, 3.05) is 0 Å². The fraction of sp³-hybridized carbons (Fsp3) is 1.00. The van der Waals surface area contributed by atoms with Crippen LogP contribution in [0.15, 0.2) is 0 Å². The van der Waals surface area contributed by atoms with Crippen molar-refractivity contribution in [3.63, 3.8) is 0 Å². The van der Waals surface area contributed by atoms with Gasteiger partial charge in [-0.15, -0.1) is 0 Å². The lowest BCUT2D eigenvalue weighted by atomic mass is 10.9. The summed E-state index contributed by atoms with van der Waals surface area (Å²) in [5, 5.41) is 0. The zero-order valence-electron chi connectivity index (χ0n) is 9.29. The predicted molar refractivity (Wildman–Crippen MR) is 69.9 cm³/mol. The minimum atomic E-state index is -1.47. The third-order valence-electron chi connectivity index (χ3n) is 3.17. The molecular formula is C9H22Cl2Si2. The first-order valence-electron chi connectivity index (χ1n) is 5.33. The molecule has 0 spiro atoms. The molecule has 0 radical (unpaired) electrons. The van der Waals surface area contributed by atoms with Crippen LogP contribution < -0.4 is 0 Å². The smallest absolute Gasteiger partial charge is 0.154 e. The van der Waals surface area contributed by atoms with Gasteiger partial charge in [0.25, 0.3) is 0 Å². The average Bonchev–Trinajstić information content (AvgIpc) is 2.17. The SMILES string of the molecule is CC[Si](Cl)(CC)C[Si](Cl)(CC)CC. The molecule has 0 aliphatic rings. The van der Waals surface area contributed by atoms with E-state index in [9.17, 15) is 0 Å². The first kappa shape index (κ1) is 14.0. The Morgan fingerprint density at radius 1 is 0.692 bits per heavy atom. The van der Waals surface area contributed by atoms with Gasteiger partial charge in [0.2, 0.25) is 0 Å². The lowest BCUT2D eigenvalue weighted by Crippen LogP contribution is -2.38. The zero-order valence-corrected chi connectivity index (χ0v) is 12.8. The van der Waals surface area contributed by atoms with Crippen LogP contribution in [-0.4, -0.2) is 14.8 Å². The van der Waals surface area contributed by atoms with Crippen molar-refractivity contribution in [2.45, 2.75) is 57.5 Å². The summed E-state index contributed by atoms with van der Waals surface area (Å²) in [5.41, 5.74) is 1.20. The molecule has 0 nitrogen and oxygen atoms in total. The van der Waals surface area contributed by atoms with E-state index in [1.807, 2.05) is 0 Å². The fourth-order valence-electron chi connectivity index (χ4n) is 1.57. The highest BCUT2D eigenvalue weighted by molar-refractivity contribution is 7.32. The van der Waals surface area contributed by atoms with Gasteiger partial charge in [-0.3, -0.25) is 0 Å². The number of hydrogen-bond acceptors (Lipinski definition) is 0. The van der Waals surface area contributed by atoms with Crippen LogP contribution in [0, 0.1) is 0 Å². The molecule has 0 saturated carbocycles. The number of hydrogen-bond donors (Lipinski definition) is 0. The Bertz CT molecular complexity index is 127. The summed E-state index contributed by atoms with van der Waals surface area (Å²) in [5.74, 6) is 0. The molecular weight excluding hydrogens is 235 g/mol. The van der Waals surface area contributed by atoms with E-state index in [1.165, 1.54) is 29.8 Å². The third-order valence-corrected chi connectivity index (χ3v) is 18.9. The predicted octanol–water partition coefficient (Wildman–Crippen LogP) is 4.97. The van der Waals surface area contributed by atoms with Crippen molar-refractivity contribution < 1.29 is 0 Å². The molecule has 0 N–H and O–H groups in total. The molecule has 13 heavy (non-hydrogen) atoms. The molecule has 0 heterocycles. The van der Waals surface area contributed by atoms with Crippen molar-refractivity contribution in [2.24, 2.45) is 0 Å². The van der Waals surface area contributed by atoms with Crippen molar-refractivity contribution in [1.29, 1.82) is 0 Å². The Hall–Kier alpha value is 1.01. The number of halogens is 2. The highest BCUT2D eigenvalue weighted by atomic mass is 35.6. The van der Waals surface area contributed by atoms with Crippen molar-refractivity contribution in [1.82, 2.24) is 0 Å². The molecule has 0 saturated heterocycles. The van der Waals surface area contributed by atoms with Gasteiger partial charge >= 0.3 is 0 Å². The minimum Gasteiger partial charge on any atom is -0.167 e. The Labute approximate surface area is 94.4 Å². The van der Waals surface area contributed by atoms with E-state index in [4.69, 9.17) is 22.2 Å². The van der Waals surface area contributed by atoms with E-state index in [-0.39, 0.29) is 0 Å². The molecule has 0 aromatic heterocycles. The Balaban J connectivity index is 4.36. The van der Waals surface area contributed by atoms with E-state index in [2.05, 4.69) is 27.7 Å². The summed E-state index contributed by atoms with van der Waals surface area (Å²) in [6.07, 6.45) is 0. The maximum absolute atomic E-state index is 6.64. The summed E-state index contributed by atoms with van der Waals surface area (Å²) in [6.45, 7) is 8.89. The van der Waals surface area contributed by atoms with Crippen LogP contribution in [0.3, 0.4) is 0 Å². The maximum Gasteiger partial charge on any atom is 0.154 e. The normalized spacial score (nSPS) is 13.4. The standard InChI is InChI=1S/C9H22Cl2Si2/c1-5-12(10,6-2)9-13(11,7-3)8-4/h5-9H2,1-4H3. The van der Waals surface area contributed by atoms with E-state index in [0.29, 0.717) is 0 Å². The van der Waals surface area contributed by atoms with Gasteiger partial charge in [-0.1, -0.05) is 27.7 Å². The van der Waals surface area contributed by atoms with Crippen LogP contribution in [0.25, 0.3) is 0 Å². The molecule has 0 aromatic rings. The lowest BCUT2D eigenvalue weighted by molar-refractivity contribution is 1.23. The second-order valence-corrected chi connectivity index (χ2v) is 17.5. The zero-order chi connectivity index (χ0) is 10.5. The molecule has 0 rings (SSSR count). The van der Waals surface area contributed by atoms with Crippen molar-refractivity contribution in [3.8, 4) is 0 Å². The molecule has 0 atom stereocenters. The molecule has 0 bridgehead atoms. The molecule has 80 valence electrons. The highest BCUT2D eigenvalue weighted by Crippen LogP contribution is 2.36. The average molecular weight is 257 g/mol. The first-order valence-corrected chi connectivity index (χ1v) is 12.6. The second kappa shape index (κ2) is 5.79. The Kier molecular flexibility index (Phi) is 6.24. The Morgan fingerprint density at radius 3 is 1.08 bits per heavy atom. The summed E-state index contributed by atoms with van der Waals surface area (Å²) in [7, 11) is -2.95. The Morgan fingerprint density at radius 2 is 0.923 bits per heavy atom. The van der Waals surface area contributed by atoms with Crippen LogP contribution in [0.5, 0.6) is 0 Å². The minimum absolute atomic E-state index is 1.17. The van der Waals surface area contributed by atoms with Gasteiger partial charge in [-0.25, -0.2) is 0 Å². The largest absolute Gasteiger partial charge is 0.167 e. The van der Waals surface area contributed by atoms with Gasteiger partial charge in [-0.05, 0) is 29.8 Å². The number of rotatable bonds is 6. The topological polar surface area (TPSA) is 0 Å². The van der Waals surface area contributed by atoms with E-state index >= 15 is 0 Å². The molecule has 4 heteroatoms. The van der Waals surface area contributed by atoms with Crippen molar-refractivity contribution >= 4 is 36.9 Å². The van der Waals surface area contributed by atoms with E-state index in [0.717, 1.165) is 0 Å². The van der Waals surface area contributed by atoms with Gasteiger partial charge in [-0.2, -0.15) is 22.2 Å².